The third kappa shape index (κ3) is 4.41. The first-order chi connectivity index (χ1) is 12.5. The second-order valence-corrected chi connectivity index (χ2v) is 6.78. The molecule has 0 radical (unpaired) electrons. The molecule has 4 nitrogen and oxygen atoms in total. The van der Waals surface area contributed by atoms with Crippen molar-refractivity contribution in [1.29, 1.82) is 0 Å². The normalized spacial score (nSPS) is 14.6. The van der Waals surface area contributed by atoms with Crippen LogP contribution in [0, 0.1) is 5.82 Å². The maximum absolute atomic E-state index is 13.2. The molecule has 6 heteroatoms. The van der Waals surface area contributed by atoms with E-state index in [0.717, 1.165) is 38.8 Å². The van der Waals surface area contributed by atoms with E-state index >= 15 is 0 Å². The lowest BCUT2D eigenvalue weighted by Gasteiger charge is -2.20. The number of carbonyl (C=O) groups is 2. The summed E-state index contributed by atoms with van der Waals surface area (Å²) in [6, 6.07) is 10.6. The largest absolute Gasteiger partial charge is 0.339 e. The molecule has 0 saturated carbocycles. The molecule has 3 rings (SSSR count). The number of rotatable bonds is 3. The molecule has 26 heavy (non-hydrogen) atoms. The highest BCUT2D eigenvalue weighted by Crippen LogP contribution is 2.20. The number of hydrogen-bond donors (Lipinski definition) is 1. The van der Waals surface area contributed by atoms with E-state index in [1.807, 2.05) is 4.90 Å². The van der Waals surface area contributed by atoms with Crippen LogP contribution in [-0.2, 0) is 0 Å². The summed E-state index contributed by atoms with van der Waals surface area (Å²) in [6.07, 6.45) is 4.31. The van der Waals surface area contributed by atoms with Crippen LogP contribution in [0.15, 0.2) is 42.5 Å². The third-order valence-electron chi connectivity index (χ3n) is 4.44. The van der Waals surface area contributed by atoms with Crippen molar-refractivity contribution < 1.29 is 14.0 Å². The van der Waals surface area contributed by atoms with Crippen molar-refractivity contribution in [2.75, 3.05) is 18.4 Å². The summed E-state index contributed by atoms with van der Waals surface area (Å²) >= 11 is 5.73. The molecule has 1 heterocycles. The molecule has 136 valence electrons. The number of amides is 2. The summed E-state index contributed by atoms with van der Waals surface area (Å²) in [7, 11) is 0. The Morgan fingerprint density at radius 1 is 0.962 bits per heavy atom. The molecule has 1 saturated heterocycles. The number of halogens is 2. The van der Waals surface area contributed by atoms with Crippen molar-refractivity contribution in [1.82, 2.24) is 4.90 Å². The standard InChI is InChI=1S/C20H20ClFN2O2/c21-17-13-16(8-9-18(17)22)23-19(25)14-6-5-7-15(12-14)20(26)24-10-3-1-2-4-11-24/h5-9,12-13H,1-4,10-11H2,(H,23,25). The van der Waals surface area contributed by atoms with Crippen LogP contribution in [0.2, 0.25) is 5.02 Å². The van der Waals surface area contributed by atoms with E-state index in [0.29, 0.717) is 16.8 Å². The van der Waals surface area contributed by atoms with Crippen LogP contribution >= 0.6 is 11.6 Å². The first-order valence-electron chi connectivity index (χ1n) is 8.70. The minimum atomic E-state index is -0.547. The van der Waals surface area contributed by atoms with Crippen molar-refractivity contribution in [2.45, 2.75) is 25.7 Å². The highest BCUT2D eigenvalue weighted by Gasteiger charge is 2.18. The van der Waals surface area contributed by atoms with E-state index < -0.39 is 5.82 Å². The number of hydrogen-bond acceptors (Lipinski definition) is 2. The lowest BCUT2D eigenvalue weighted by atomic mass is 10.1. The number of likely N-dealkylation sites (tertiary alicyclic amines) is 1. The summed E-state index contributed by atoms with van der Waals surface area (Å²) in [6.45, 7) is 1.51. The van der Waals surface area contributed by atoms with Gasteiger partial charge in [-0.1, -0.05) is 30.5 Å². The van der Waals surface area contributed by atoms with Gasteiger partial charge in [-0.15, -0.1) is 0 Å². The number of anilines is 1. The highest BCUT2D eigenvalue weighted by molar-refractivity contribution is 6.31. The van der Waals surface area contributed by atoms with Crippen LogP contribution in [-0.4, -0.2) is 29.8 Å². The second-order valence-electron chi connectivity index (χ2n) is 6.37. The van der Waals surface area contributed by atoms with Gasteiger partial charge in [0.05, 0.1) is 5.02 Å². The number of carbonyl (C=O) groups excluding carboxylic acids is 2. The molecule has 0 bridgehead atoms. The SMILES string of the molecule is O=C(Nc1ccc(F)c(Cl)c1)c1cccc(C(=O)N2CCCCCC2)c1. The van der Waals surface area contributed by atoms with Gasteiger partial charge in [0, 0.05) is 29.9 Å². The molecule has 0 aliphatic carbocycles. The molecule has 0 unspecified atom stereocenters. The van der Waals surface area contributed by atoms with Gasteiger partial charge in [-0.2, -0.15) is 0 Å². The Morgan fingerprint density at radius 3 is 2.35 bits per heavy atom. The van der Waals surface area contributed by atoms with Gasteiger partial charge in [-0.25, -0.2) is 4.39 Å². The minimum Gasteiger partial charge on any atom is -0.339 e. The number of nitrogens with one attached hydrogen (secondary N) is 1. The lowest BCUT2D eigenvalue weighted by Crippen LogP contribution is -2.32. The maximum atomic E-state index is 13.2. The minimum absolute atomic E-state index is 0.0497. The van der Waals surface area contributed by atoms with Gasteiger partial charge < -0.3 is 10.2 Å². The van der Waals surface area contributed by atoms with Crippen LogP contribution in [0.1, 0.15) is 46.4 Å². The fourth-order valence-electron chi connectivity index (χ4n) is 3.03. The highest BCUT2D eigenvalue weighted by atomic mass is 35.5. The van der Waals surface area contributed by atoms with Gasteiger partial charge in [0.15, 0.2) is 0 Å². The van der Waals surface area contributed by atoms with Crippen LogP contribution in [0.25, 0.3) is 0 Å². The fraction of sp³-hybridized carbons (Fsp3) is 0.300. The number of benzene rings is 2. The molecular weight excluding hydrogens is 355 g/mol. The summed E-state index contributed by atoms with van der Waals surface area (Å²) in [5.74, 6) is -0.973. The van der Waals surface area contributed by atoms with E-state index in [-0.39, 0.29) is 16.8 Å². The molecule has 2 aromatic carbocycles. The van der Waals surface area contributed by atoms with Crippen molar-refractivity contribution in [3.63, 3.8) is 0 Å². The van der Waals surface area contributed by atoms with Crippen molar-refractivity contribution >= 4 is 29.1 Å². The molecule has 0 spiro atoms. The van der Waals surface area contributed by atoms with Crippen molar-refractivity contribution in [3.8, 4) is 0 Å². The quantitative estimate of drug-likeness (QED) is 0.843. The van der Waals surface area contributed by atoms with Crippen LogP contribution in [0.5, 0.6) is 0 Å². The van der Waals surface area contributed by atoms with Gasteiger partial charge >= 0.3 is 0 Å². The first-order valence-corrected chi connectivity index (χ1v) is 9.08. The zero-order valence-corrected chi connectivity index (χ0v) is 15.1. The average Bonchev–Trinajstić information content (AvgIpc) is 2.93. The zero-order chi connectivity index (χ0) is 18.5. The fourth-order valence-corrected chi connectivity index (χ4v) is 3.21. The Kier molecular flexibility index (Phi) is 5.89. The maximum Gasteiger partial charge on any atom is 0.255 e. The molecule has 1 fully saturated rings. The van der Waals surface area contributed by atoms with Crippen LogP contribution in [0.4, 0.5) is 10.1 Å². The van der Waals surface area contributed by atoms with E-state index in [9.17, 15) is 14.0 Å². The Balaban J connectivity index is 1.74. The second kappa shape index (κ2) is 8.32. The molecule has 2 amide bonds. The number of nitrogens with zero attached hydrogens (tertiary/aromatic N) is 1. The summed E-state index contributed by atoms with van der Waals surface area (Å²) in [5, 5.41) is 2.60. The third-order valence-corrected chi connectivity index (χ3v) is 4.73. The Hall–Kier alpha value is -2.40. The molecular formula is C20H20ClFN2O2. The molecule has 1 aliphatic rings. The van der Waals surface area contributed by atoms with Gasteiger partial charge in [0.1, 0.15) is 5.82 Å². The molecule has 2 aromatic rings. The molecule has 0 atom stereocenters. The first kappa shape index (κ1) is 18.4. The van der Waals surface area contributed by atoms with Crippen LogP contribution in [0.3, 0.4) is 0 Å². The van der Waals surface area contributed by atoms with E-state index in [4.69, 9.17) is 11.6 Å². The van der Waals surface area contributed by atoms with Gasteiger partial charge in [0.25, 0.3) is 11.8 Å². The summed E-state index contributed by atoms with van der Waals surface area (Å²) < 4.78 is 13.2. The van der Waals surface area contributed by atoms with E-state index in [2.05, 4.69) is 5.32 Å². The monoisotopic (exact) mass is 374 g/mol. The van der Waals surface area contributed by atoms with Crippen molar-refractivity contribution in [2.24, 2.45) is 0 Å². The van der Waals surface area contributed by atoms with Gasteiger partial charge in [-0.05, 0) is 49.2 Å². The smallest absolute Gasteiger partial charge is 0.255 e. The Bertz CT molecular complexity index is 817. The molecule has 1 aliphatic heterocycles. The van der Waals surface area contributed by atoms with E-state index in [1.54, 1.807) is 24.3 Å². The summed E-state index contributed by atoms with van der Waals surface area (Å²) in [5.41, 5.74) is 1.26. The Labute approximate surface area is 157 Å². The molecule has 1 N–H and O–H groups in total. The lowest BCUT2D eigenvalue weighted by molar-refractivity contribution is 0.0761. The predicted octanol–water partition coefficient (Wildman–Crippen LogP) is 4.75. The topological polar surface area (TPSA) is 49.4 Å². The summed E-state index contributed by atoms with van der Waals surface area (Å²) in [4.78, 5) is 27.0. The van der Waals surface area contributed by atoms with Gasteiger partial charge in [0.2, 0.25) is 0 Å². The van der Waals surface area contributed by atoms with Crippen LogP contribution < -0.4 is 5.32 Å². The average molecular weight is 375 g/mol. The van der Waals surface area contributed by atoms with Crippen molar-refractivity contribution in [3.05, 3.63) is 64.4 Å². The predicted molar refractivity (Wildman–Crippen MR) is 100 cm³/mol. The van der Waals surface area contributed by atoms with E-state index in [1.165, 1.54) is 18.2 Å². The molecule has 0 aromatic heterocycles. The van der Waals surface area contributed by atoms with Gasteiger partial charge in [-0.3, -0.25) is 9.59 Å². The zero-order valence-electron chi connectivity index (χ0n) is 14.3. The Morgan fingerprint density at radius 2 is 1.65 bits per heavy atom.